The molecule has 2 unspecified atom stereocenters. The average molecular weight is 377 g/mol. The molecule has 27 heavy (non-hydrogen) atoms. The van der Waals surface area contributed by atoms with Crippen molar-refractivity contribution in [2.45, 2.75) is 33.6 Å². The summed E-state index contributed by atoms with van der Waals surface area (Å²) in [5.74, 6) is 0.0161. The Morgan fingerprint density at radius 1 is 0.889 bits per heavy atom. The van der Waals surface area contributed by atoms with E-state index in [0.29, 0.717) is 6.61 Å². The molecular weight excluding hydrogens is 351 g/mol. The number of aryl methyl sites for hydroxylation is 3. The normalized spacial score (nSPS) is 12.7. The molecule has 0 aliphatic heterocycles. The summed E-state index contributed by atoms with van der Waals surface area (Å²) in [6, 6.07) is 22.9. The second-order valence-electron chi connectivity index (χ2n) is 6.89. The molecule has 0 heterocycles. The highest BCUT2D eigenvalue weighted by atomic mass is 31.1. The zero-order chi connectivity index (χ0) is 19.4. The van der Waals surface area contributed by atoms with Gasteiger partial charge in [0, 0.05) is 11.5 Å². The Balaban J connectivity index is 2.27. The number of hydrogen-bond donors (Lipinski definition) is 0. The molecule has 3 aromatic carbocycles. The summed E-state index contributed by atoms with van der Waals surface area (Å²) in [5.41, 5.74) is 7.28. The van der Waals surface area contributed by atoms with Crippen LogP contribution in [0.15, 0.2) is 66.7 Å². The van der Waals surface area contributed by atoms with Crippen LogP contribution in [0.25, 0.3) is 0 Å². The van der Waals surface area contributed by atoms with E-state index in [1.54, 1.807) is 0 Å². The maximum atomic E-state index is 12.8. The molecule has 0 N–H and O–H groups in total. The highest BCUT2D eigenvalue weighted by molar-refractivity contribution is 7.48. The third-order valence-corrected chi connectivity index (χ3v) is 6.14. The first kappa shape index (κ1) is 19.5. The van der Waals surface area contributed by atoms with Crippen molar-refractivity contribution in [2.24, 2.45) is 0 Å². The van der Waals surface area contributed by atoms with Crippen molar-refractivity contribution in [3.63, 3.8) is 0 Å². The van der Waals surface area contributed by atoms with E-state index in [1.807, 2.05) is 31.2 Å². The predicted molar refractivity (Wildman–Crippen MR) is 113 cm³/mol. The third-order valence-electron chi connectivity index (χ3n) is 4.85. The van der Waals surface area contributed by atoms with Crippen molar-refractivity contribution in [3.05, 3.63) is 100 Å². The second kappa shape index (κ2) is 8.61. The molecule has 2 nitrogen and oxygen atoms in total. The zero-order valence-electron chi connectivity index (χ0n) is 16.4. The molecular formula is C24H26O2P+. The highest BCUT2D eigenvalue weighted by Crippen LogP contribution is 2.38. The van der Waals surface area contributed by atoms with Gasteiger partial charge in [0.15, 0.2) is 0 Å². The quantitative estimate of drug-likeness (QED) is 0.378. The van der Waals surface area contributed by atoms with Gasteiger partial charge in [0.25, 0.3) is 0 Å². The molecule has 0 amide bonds. The number of rotatable bonds is 6. The van der Waals surface area contributed by atoms with E-state index < -0.39 is 8.03 Å². The van der Waals surface area contributed by atoms with Crippen LogP contribution in [0.1, 0.15) is 46.2 Å². The van der Waals surface area contributed by atoms with Gasteiger partial charge in [-0.05, 0) is 60.6 Å². The number of hydrogen-bond acceptors (Lipinski definition) is 2. The maximum absolute atomic E-state index is 12.8. The Morgan fingerprint density at radius 3 is 2.11 bits per heavy atom. The van der Waals surface area contributed by atoms with Gasteiger partial charge in [-0.3, -0.25) is 0 Å². The van der Waals surface area contributed by atoms with Crippen LogP contribution in [-0.4, -0.2) is 6.61 Å². The number of benzene rings is 3. The summed E-state index contributed by atoms with van der Waals surface area (Å²) in [7, 11) is -1.89. The first-order valence-electron chi connectivity index (χ1n) is 9.34. The standard InChI is InChI=1S/C24H26O2P/c1-5-26-27(25)22-14-10-9-13-21(22)24(20-11-7-6-8-12-20)23-18(3)15-17(2)16-19(23)4/h6-16,24H,5H2,1-4H3/q+1. The van der Waals surface area contributed by atoms with Gasteiger partial charge in [-0.2, -0.15) is 0 Å². The molecule has 0 saturated carbocycles. The smallest absolute Gasteiger partial charge is 0.142 e. The Hall–Kier alpha value is -2.28. The van der Waals surface area contributed by atoms with Crippen molar-refractivity contribution in [2.75, 3.05) is 6.61 Å². The highest BCUT2D eigenvalue weighted by Gasteiger charge is 2.32. The molecule has 0 spiro atoms. The van der Waals surface area contributed by atoms with Gasteiger partial charge in [0.2, 0.25) is 5.30 Å². The van der Waals surface area contributed by atoms with Crippen LogP contribution in [0, 0.1) is 20.8 Å². The summed E-state index contributed by atoms with van der Waals surface area (Å²) in [5, 5.41) is 0.780. The van der Waals surface area contributed by atoms with E-state index in [2.05, 4.69) is 63.2 Å². The van der Waals surface area contributed by atoms with Crippen LogP contribution in [-0.2, 0) is 9.09 Å². The van der Waals surface area contributed by atoms with Crippen LogP contribution in [0.3, 0.4) is 0 Å². The largest absolute Gasteiger partial charge is 0.549 e. The molecule has 138 valence electrons. The average Bonchev–Trinajstić information content (AvgIpc) is 2.65. The summed E-state index contributed by atoms with van der Waals surface area (Å²) in [4.78, 5) is 0. The van der Waals surface area contributed by atoms with E-state index in [4.69, 9.17) is 4.52 Å². The van der Waals surface area contributed by atoms with Gasteiger partial charge in [-0.15, -0.1) is 4.52 Å². The van der Waals surface area contributed by atoms with E-state index in [-0.39, 0.29) is 5.92 Å². The van der Waals surface area contributed by atoms with Crippen molar-refractivity contribution < 1.29 is 9.09 Å². The predicted octanol–water partition coefficient (Wildman–Crippen LogP) is 6.20. The first-order valence-corrected chi connectivity index (χ1v) is 10.5. The molecule has 3 heteroatoms. The van der Waals surface area contributed by atoms with Gasteiger partial charge in [-0.1, -0.05) is 66.2 Å². The van der Waals surface area contributed by atoms with Crippen molar-refractivity contribution >= 4 is 13.3 Å². The minimum atomic E-state index is -1.89. The monoisotopic (exact) mass is 377 g/mol. The van der Waals surface area contributed by atoms with Gasteiger partial charge < -0.3 is 0 Å². The SMILES string of the molecule is CCO[P+](=O)c1ccccc1C(c1ccccc1)c1c(C)cc(C)cc1C. The van der Waals surface area contributed by atoms with Crippen LogP contribution < -0.4 is 5.30 Å². The van der Waals surface area contributed by atoms with E-state index in [9.17, 15) is 4.57 Å². The molecule has 3 rings (SSSR count). The molecule has 0 saturated heterocycles. The van der Waals surface area contributed by atoms with E-state index in [1.165, 1.54) is 27.8 Å². The molecule has 0 radical (unpaired) electrons. The van der Waals surface area contributed by atoms with Crippen LogP contribution >= 0.6 is 8.03 Å². The summed E-state index contributed by atoms with van der Waals surface area (Å²) < 4.78 is 18.3. The van der Waals surface area contributed by atoms with Crippen LogP contribution in [0.2, 0.25) is 0 Å². The van der Waals surface area contributed by atoms with E-state index in [0.717, 1.165) is 10.9 Å². The minimum absolute atomic E-state index is 0.0161. The molecule has 0 aliphatic rings. The Kier molecular flexibility index (Phi) is 6.21. The van der Waals surface area contributed by atoms with Crippen molar-refractivity contribution in [1.29, 1.82) is 0 Å². The van der Waals surface area contributed by atoms with Gasteiger partial charge in [-0.25, -0.2) is 0 Å². The first-order chi connectivity index (χ1) is 13.0. The van der Waals surface area contributed by atoms with E-state index >= 15 is 0 Å². The summed E-state index contributed by atoms with van der Waals surface area (Å²) in [6.07, 6.45) is 0. The molecule has 0 fully saturated rings. The lowest BCUT2D eigenvalue weighted by molar-refractivity contribution is 0.357. The Labute approximate surface area is 163 Å². The summed E-state index contributed by atoms with van der Waals surface area (Å²) >= 11 is 0. The Morgan fingerprint density at radius 2 is 1.48 bits per heavy atom. The van der Waals surface area contributed by atoms with Crippen LogP contribution in [0.4, 0.5) is 0 Å². The topological polar surface area (TPSA) is 26.3 Å². The molecule has 0 aliphatic carbocycles. The second-order valence-corrected chi connectivity index (χ2v) is 8.14. The maximum Gasteiger partial charge on any atom is 0.549 e. The molecule has 2 atom stereocenters. The lowest BCUT2D eigenvalue weighted by Crippen LogP contribution is -2.16. The van der Waals surface area contributed by atoms with Gasteiger partial charge in [0.1, 0.15) is 6.61 Å². The fourth-order valence-electron chi connectivity index (χ4n) is 3.88. The van der Waals surface area contributed by atoms with Gasteiger partial charge in [0.05, 0.1) is 0 Å². The van der Waals surface area contributed by atoms with Crippen molar-refractivity contribution in [3.8, 4) is 0 Å². The Bertz CT molecular complexity index is 925. The fourth-order valence-corrected chi connectivity index (χ4v) is 4.87. The lowest BCUT2D eigenvalue weighted by atomic mass is 9.80. The van der Waals surface area contributed by atoms with Gasteiger partial charge >= 0.3 is 8.03 Å². The molecule has 3 aromatic rings. The fraction of sp³-hybridized carbons (Fsp3) is 0.250. The zero-order valence-corrected chi connectivity index (χ0v) is 17.3. The van der Waals surface area contributed by atoms with Crippen LogP contribution in [0.5, 0.6) is 0 Å². The minimum Gasteiger partial charge on any atom is -0.142 e. The molecule has 0 bridgehead atoms. The third kappa shape index (κ3) is 4.18. The molecule has 0 aromatic heterocycles. The van der Waals surface area contributed by atoms with Crippen molar-refractivity contribution in [1.82, 2.24) is 0 Å². The summed E-state index contributed by atoms with van der Waals surface area (Å²) in [6.45, 7) is 8.76. The lowest BCUT2D eigenvalue weighted by Gasteiger charge is -2.23.